The second kappa shape index (κ2) is 16.0. The molecule has 0 saturated carbocycles. The Morgan fingerprint density at radius 1 is 1.21 bits per heavy atom. The van der Waals surface area contributed by atoms with E-state index in [4.69, 9.17) is 14.5 Å². The Morgan fingerprint density at radius 3 is 2.68 bits per heavy atom. The first-order valence-corrected chi connectivity index (χ1v) is 10.5. The topological polar surface area (TPSA) is 46.1 Å². The van der Waals surface area contributed by atoms with E-state index in [0.29, 0.717) is 6.61 Å². The molecule has 0 radical (unpaired) electrons. The largest absolute Gasteiger partial charge is 0.381 e. The van der Waals surface area contributed by atoms with Crippen molar-refractivity contribution in [2.45, 2.75) is 45.6 Å². The van der Waals surface area contributed by atoms with E-state index in [1.54, 1.807) is 0 Å². The smallest absolute Gasteiger partial charge is 0.193 e. The van der Waals surface area contributed by atoms with Gasteiger partial charge in [0.1, 0.15) is 0 Å². The molecule has 1 N–H and O–H groups in total. The molecule has 1 aliphatic heterocycles. The number of unbranched alkanes of at least 4 members (excludes halogenated alkanes) is 1. The Hall–Kier alpha value is -0.860. The number of benzene rings is 1. The summed E-state index contributed by atoms with van der Waals surface area (Å²) in [6.07, 6.45) is 5.71. The van der Waals surface area contributed by atoms with Crippen molar-refractivity contribution in [2.75, 3.05) is 46.5 Å². The molecule has 0 unspecified atom stereocenters. The van der Waals surface area contributed by atoms with Gasteiger partial charge in [-0.15, -0.1) is 24.0 Å². The minimum absolute atomic E-state index is 0. The van der Waals surface area contributed by atoms with Gasteiger partial charge in [0.2, 0.25) is 0 Å². The lowest BCUT2D eigenvalue weighted by Gasteiger charge is -2.26. The van der Waals surface area contributed by atoms with Crippen molar-refractivity contribution < 1.29 is 9.47 Å². The lowest BCUT2D eigenvalue weighted by molar-refractivity contribution is 0.0625. The van der Waals surface area contributed by atoms with Crippen molar-refractivity contribution in [1.29, 1.82) is 0 Å². The third kappa shape index (κ3) is 10.6. The summed E-state index contributed by atoms with van der Waals surface area (Å²) in [7, 11) is 2.14. The average Bonchev–Trinajstić information content (AvgIpc) is 2.72. The van der Waals surface area contributed by atoms with Gasteiger partial charge in [0, 0.05) is 46.5 Å². The molecule has 0 amide bonds. The summed E-state index contributed by atoms with van der Waals surface area (Å²) < 4.78 is 11.2. The molecule has 6 heteroatoms. The molecule has 1 aromatic carbocycles. The van der Waals surface area contributed by atoms with Gasteiger partial charge in [0.15, 0.2) is 5.96 Å². The van der Waals surface area contributed by atoms with E-state index < -0.39 is 0 Å². The highest BCUT2D eigenvalue weighted by atomic mass is 127. The van der Waals surface area contributed by atoms with Crippen molar-refractivity contribution >= 4 is 29.9 Å². The van der Waals surface area contributed by atoms with Crippen LogP contribution >= 0.6 is 24.0 Å². The maximum absolute atomic E-state index is 5.74. The second-order valence-corrected chi connectivity index (χ2v) is 7.25. The van der Waals surface area contributed by atoms with Gasteiger partial charge in [0.25, 0.3) is 0 Å². The minimum Gasteiger partial charge on any atom is -0.381 e. The van der Waals surface area contributed by atoms with Gasteiger partial charge < -0.3 is 19.7 Å². The lowest BCUT2D eigenvalue weighted by atomic mass is 9.96. The van der Waals surface area contributed by atoms with E-state index in [2.05, 4.69) is 36.3 Å². The fourth-order valence-corrected chi connectivity index (χ4v) is 3.25. The minimum atomic E-state index is 0. The lowest BCUT2D eigenvalue weighted by Crippen LogP contribution is -2.40. The van der Waals surface area contributed by atoms with Gasteiger partial charge in [-0.25, -0.2) is 0 Å². The van der Waals surface area contributed by atoms with Crippen LogP contribution in [-0.2, 0) is 16.1 Å². The van der Waals surface area contributed by atoms with Gasteiger partial charge in [-0.3, -0.25) is 4.99 Å². The van der Waals surface area contributed by atoms with Crippen LogP contribution in [0, 0.1) is 5.92 Å². The van der Waals surface area contributed by atoms with Crippen LogP contribution in [0.15, 0.2) is 35.3 Å². The molecule has 0 atom stereocenters. The van der Waals surface area contributed by atoms with Gasteiger partial charge in [-0.05, 0) is 50.5 Å². The molecule has 1 heterocycles. The number of guanidine groups is 1. The molecule has 0 spiro atoms. The van der Waals surface area contributed by atoms with E-state index in [9.17, 15) is 0 Å². The van der Waals surface area contributed by atoms with E-state index in [1.165, 1.54) is 24.8 Å². The van der Waals surface area contributed by atoms with Crippen LogP contribution in [0.2, 0.25) is 0 Å². The second-order valence-electron chi connectivity index (χ2n) is 7.25. The van der Waals surface area contributed by atoms with E-state index >= 15 is 0 Å². The first kappa shape index (κ1) is 25.2. The van der Waals surface area contributed by atoms with E-state index in [-0.39, 0.29) is 24.0 Å². The summed E-state index contributed by atoms with van der Waals surface area (Å²) in [6.45, 7) is 8.27. The van der Waals surface area contributed by atoms with Crippen LogP contribution in [-0.4, -0.2) is 57.4 Å². The van der Waals surface area contributed by atoms with Crippen LogP contribution < -0.4 is 5.32 Å². The molecule has 0 aromatic heterocycles. The SMILES string of the molecule is CCNC(=NCCCCOCc1ccccc1)N(C)CCC1CCOCC1.I. The molecule has 1 aliphatic rings. The van der Waals surface area contributed by atoms with Crippen molar-refractivity contribution in [2.24, 2.45) is 10.9 Å². The van der Waals surface area contributed by atoms with Gasteiger partial charge in [-0.2, -0.15) is 0 Å². The molecule has 0 aliphatic carbocycles. The van der Waals surface area contributed by atoms with Crippen LogP contribution in [0.3, 0.4) is 0 Å². The van der Waals surface area contributed by atoms with Gasteiger partial charge >= 0.3 is 0 Å². The molecule has 0 bridgehead atoms. The molecule has 1 fully saturated rings. The van der Waals surface area contributed by atoms with E-state index in [1.807, 2.05) is 18.2 Å². The highest BCUT2D eigenvalue weighted by Gasteiger charge is 2.15. The zero-order chi connectivity index (χ0) is 19.2. The standard InChI is InChI=1S/C22H37N3O2.HI/c1-3-23-22(25(2)15-11-20-12-17-26-18-13-20)24-14-7-8-16-27-19-21-9-5-4-6-10-21;/h4-6,9-10,20H,3,7-8,11-19H2,1-2H3,(H,23,24);1H. The van der Waals surface area contributed by atoms with Crippen molar-refractivity contribution in [3.05, 3.63) is 35.9 Å². The number of ether oxygens (including phenoxy) is 2. The average molecular weight is 503 g/mol. The number of hydrogen-bond donors (Lipinski definition) is 1. The van der Waals surface area contributed by atoms with Crippen LogP contribution in [0.25, 0.3) is 0 Å². The summed E-state index contributed by atoms with van der Waals surface area (Å²) in [5, 5.41) is 3.41. The van der Waals surface area contributed by atoms with Crippen molar-refractivity contribution in [3.63, 3.8) is 0 Å². The predicted molar refractivity (Wildman–Crippen MR) is 128 cm³/mol. The fraction of sp³-hybridized carbons (Fsp3) is 0.682. The zero-order valence-corrected chi connectivity index (χ0v) is 19.9. The number of rotatable bonds is 11. The first-order chi connectivity index (χ1) is 13.3. The van der Waals surface area contributed by atoms with Crippen LogP contribution in [0.1, 0.15) is 44.6 Å². The summed E-state index contributed by atoms with van der Waals surface area (Å²) in [5.74, 6) is 1.82. The third-order valence-corrected chi connectivity index (χ3v) is 4.98. The molecule has 28 heavy (non-hydrogen) atoms. The highest BCUT2D eigenvalue weighted by molar-refractivity contribution is 14.0. The number of nitrogens with one attached hydrogen (secondary N) is 1. The number of hydrogen-bond acceptors (Lipinski definition) is 3. The third-order valence-electron chi connectivity index (χ3n) is 4.98. The monoisotopic (exact) mass is 503 g/mol. The Morgan fingerprint density at radius 2 is 1.96 bits per heavy atom. The Bertz CT molecular complexity index is 522. The van der Waals surface area contributed by atoms with Gasteiger partial charge in [-0.1, -0.05) is 30.3 Å². The van der Waals surface area contributed by atoms with Gasteiger partial charge in [0.05, 0.1) is 6.61 Å². The quantitative estimate of drug-likeness (QED) is 0.212. The fourth-order valence-electron chi connectivity index (χ4n) is 3.25. The maximum Gasteiger partial charge on any atom is 0.193 e. The summed E-state index contributed by atoms with van der Waals surface area (Å²) in [5.41, 5.74) is 1.23. The Labute approximate surface area is 188 Å². The molecular weight excluding hydrogens is 465 g/mol. The summed E-state index contributed by atoms with van der Waals surface area (Å²) in [6, 6.07) is 10.3. The summed E-state index contributed by atoms with van der Waals surface area (Å²) in [4.78, 5) is 7.05. The van der Waals surface area contributed by atoms with E-state index in [0.717, 1.165) is 64.2 Å². The molecular formula is C22H38IN3O2. The molecule has 5 nitrogen and oxygen atoms in total. The molecule has 1 saturated heterocycles. The van der Waals surface area contributed by atoms with Crippen molar-refractivity contribution in [3.8, 4) is 0 Å². The first-order valence-electron chi connectivity index (χ1n) is 10.5. The zero-order valence-electron chi connectivity index (χ0n) is 17.6. The highest BCUT2D eigenvalue weighted by Crippen LogP contribution is 2.18. The van der Waals surface area contributed by atoms with Crippen molar-refractivity contribution in [1.82, 2.24) is 10.2 Å². The molecule has 1 aromatic rings. The summed E-state index contributed by atoms with van der Waals surface area (Å²) >= 11 is 0. The van der Waals surface area contributed by atoms with Crippen LogP contribution in [0.4, 0.5) is 0 Å². The number of nitrogens with zero attached hydrogens (tertiary/aromatic N) is 2. The predicted octanol–water partition coefficient (Wildman–Crippen LogP) is 4.32. The number of halogens is 1. The van der Waals surface area contributed by atoms with Crippen LogP contribution in [0.5, 0.6) is 0 Å². The number of aliphatic imine (C=N–C) groups is 1. The maximum atomic E-state index is 5.74. The Balaban J connectivity index is 0.00000392. The molecule has 2 rings (SSSR count). The molecule has 160 valence electrons. The normalized spacial score (nSPS) is 15.1. The Kier molecular flexibility index (Phi) is 14.4.